The third-order valence-corrected chi connectivity index (χ3v) is 6.07. The highest BCUT2D eigenvalue weighted by Crippen LogP contribution is 2.24. The van der Waals surface area contributed by atoms with Gasteiger partial charge in [-0.25, -0.2) is 13.1 Å². The molecule has 2 N–H and O–H groups in total. The van der Waals surface area contributed by atoms with Gasteiger partial charge < -0.3 is 5.32 Å². The minimum Gasteiger partial charge on any atom is -0.316 e. The Morgan fingerprint density at radius 1 is 1.25 bits per heavy atom. The first-order valence-corrected chi connectivity index (χ1v) is 9.55. The second kappa shape index (κ2) is 6.62. The summed E-state index contributed by atoms with van der Waals surface area (Å²) < 4.78 is 27.4. The Morgan fingerprint density at radius 3 is 2.71 bits per heavy atom. The zero-order valence-corrected chi connectivity index (χ0v) is 14.4. The minimum absolute atomic E-state index is 0.0134. The van der Waals surface area contributed by atoms with E-state index in [1.165, 1.54) is 25.2 Å². The molecule has 1 unspecified atom stereocenters. The second-order valence-electron chi connectivity index (χ2n) is 6.28. The zero-order valence-electron chi connectivity index (χ0n) is 13.5. The molecule has 8 heteroatoms. The molecule has 2 amide bonds. The molecule has 2 aliphatic rings. The average molecular weight is 351 g/mol. The quantitative estimate of drug-likeness (QED) is 0.757. The summed E-state index contributed by atoms with van der Waals surface area (Å²) in [5.74, 6) is -0.397. The number of nitrogens with one attached hydrogen (secondary N) is 2. The first-order valence-electron chi connectivity index (χ1n) is 8.07. The Morgan fingerprint density at radius 2 is 2.00 bits per heavy atom. The van der Waals surface area contributed by atoms with E-state index in [0.717, 1.165) is 37.3 Å². The van der Waals surface area contributed by atoms with Gasteiger partial charge >= 0.3 is 0 Å². The maximum atomic E-state index is 12.4. The van der Waals surface area contributed by atoms with E-state index in [1.54, 1.807) is 0 Å². The lowest BCUT2D eigenvalue weighted by Crippen LogP contribution is -2.33. The molecule has 1 aromatic carbocycles. The van der Waals surface area contributed by atoms with Gasteiger partial charge in [0.25, 0.3) is 11.8 Å². The van der Waals surface area contributed by atoms with Crippen LogP contribution in [0.3, 0.4) is 0 Å². The number of hydrogen-bond acceptors (Lipinski definition) is 5. The van der Waals surface area contributed by atoms with Crippen molar-refractivity contribution < 1.29 is 18.0 Å². The van der Waals surface area contributed by atoms with E-state index >= 15 is 0 Å². The van der Waals surface area contributed by atoms with Crippen molar-refractivity contribution in [2.75, 3.05) is 26.7 Å². The summed E-state index contributed by atoms with van der Waals surface area (Å²) in [6.07, 6.45) is 3.00. The SMILES string of the molecule is CN1C(=O)c2ccc(S(=O)(=O)NCCC3CCCNC3)cc2C1=O. The van der Waals surface area contributed by atoms with Gasteiger partial charge in [0.2, 0.25) is 10.0 Å². The van der Waals surface area contributed by atoms with E-state index in [0.29, 0.717) is 12.5 Å². The number of hydrogen-bond donors (Lipinski definition) is 2. The number of sulfonamides is 1. The highest BCUT2D eigenvalue weighted by molar-refractivity contribution is 7.89. The Hall–Kier alpha value is -1.77. The standard InChI is InChI=1S/C16H21N3O4S/c1-19-15(20)13-5-4-12(9-14(13)16(19)21)24(22,23)18-8-6-11-3-2-7-17-10-11/h4-5,9,11,17-18H,2-3,6-8,10H2,1H3. The highest BCUT2D eigenvalue weighted by Gasteiger charge is 2.33. The van der Waals surface area contributed by atoms with Crippen LogP contribution in [-0.2, 0) is 10.0 Å². The van der Waals surface area contributed by atoms with Crippen LogP contribution < -0.4 is 10.0 Å². The van der Waals surface area contributed by atoms with Crippen molar-refractivity contribution in [3.8, 4) is 0 Å². The van der Waals surface area contributed by atoms with Crippen molar-refractivity contribution in [3.63, 3.8) is 0 Å². The Kier molecular flexibility index (Phi) is 4.71. The Balaban J connectivity index is 1.69. The first kappa shape index (κ1) is 17.1. The van der Waals surface area contributed by atoms with Gasteiger partial charge in [0, 0.05) is 13.6 Å². The molecular formula is C16H21N3O4S. The van der Waals surface area contributed by atoms with Gasteiger partial charge in [-0.05, 0) is 56.5 Å². The maximum absolute atomic E-state index is 12.4. The lowest BCUT2D eigenvalue weighted by Gasteiger charge is -2.22. The normalized spacial score (nSPS) is 21.2. The number of imide groups is 1. The van der Waals surface area contributed by atoms with Crippen LogP contribution >= 0.6 is 0 Å². The Labute approximate surface area is 141 Å². The van der Waals surface area contributed by atoms with Gasteiger partial charge in [0.15, 0.2) is 0 Å². The van der Waals surface area contributed by atoms with Crippen molar-refractivity contribution in [2.24, 2.45) is 5.92 Å². The fraction of sp³-hybridized carbons (Fsp3) is 0.500. The van der Waals surface area contributed by atoms with E-state index in [-0.39, 0.29) is 16.0 Å². The molecule has 1 saturated heterocycles. The van der Waals surface area contributed by atoms with Crippen LogP contribution in [0, 0.1) is 5.92 Å². The number of carbonyl (C=O) groups is 2. The summed E-state index contributed by atoms with van der Waals surface area (Å²) >= 11 is 0. The number of amides is 2. The van der Waals surface area contributed by atoms with Crippen LogP contribution in [0.2, 0.25) is 0 Å². The summed E-state index contributed by atoms with van der Waals surface area (Å²) in [6, 6.07) is 4.05. The third-order valence-electron chi connectivity index (χ3n) is 4.62. The van der Waals surface area contributed by atoms with Crippen LogP contribution in [0.1, 0.15) is 40.0 Å². The van der Waals surface area contributed by atoms with Crippen molar-refractivity contribution in [1.29, 1.82) is 0 Å². The van der Waals surface area contributed by atoms with Gasteiger partial charge in [-0.3, -0.25) is 14.5 Å². The van der Waals surface area contributed by atoms with Crippen LogP contribution in [0.15, 0.2) is 23.1 Å². The fourth-order valence-corrected chi connectivity index (χ4v) is 4.23. The molecule has 0 aliphatic carbocycles. The molecule has 24 heavy (non-hydrogen) atoms. The van der Waals surface area contributed by atoms with Gasteiger partial charge in [-0.1, -0.05) is 0 Å². The molecule has 0 spiro atoms. The maximum Gasteiger partial charge on any atom is 0.261 e. The van der Waals surface area contributed by atoms with Gasteiger partial charge in [0.1, 0.15) is 0 Å². The van der Waals surface area contributed by atoms with E-state index < -0.39 is 21.8 Å². The molecule has 0 radical (unpaired) electrons. The van der Waals surface area contributed by atoms with E-state index in [4.69, 9.17) is 0 Å². The first-order chi connectivity index (χ1) is 11.4. The number of nitrogens with zero attached hydrogens (tertiary/aromatic N) is 1. The summed E-state index contributed by atoms with van der Waals surface area (Å²) in [5.41, 5.74) is 0.386. The molecular weight excluding hydrogens is 330 g/mol. The molecule has 1 fully saturated rings. The average Bonchev–Trinajstić information content (AvgIpc) is 2.80. The second-order valence-corrected chi connectivity index (χ2v) is 8.04. The topological polar surface area (TPSA) is 95.6 Å². The molecule has 0 saturated carbocycles. The number of piperidine rings is 1. The van der Waals surface area contributed by atoms with E-state index in [1.807, 2.05) is 0 Å². The molecule has 0 aromatic heterocycles. The van der Waals surface area contributed by atoms with E-state index in [2.05, 4.69) is 10.0 Å². The summed E-state index contributed by atoms with van der Waals surface area (Å²) in [7, 11) is -2.31. The van der Waals surface area contributed by atoms with Gasteiger partial charge in [-0.15, -0.1) is 0 Å². The molecule has 1 atom stereocenters. The van der Waals surface area contributed by atoms with Gasteiger partial charge in [0.05, 0.1) is 16.0 Å². The van der Waals surface area contributed by atoms with Crippen molar-refractivity contribution in [3.05, 3.63) is 29.3 Å². The molecule has 1 aromatic rings. The highest BCUT2D eigenvalue weighted by atomic mass is 32.2. The number of carbonyl (C=O) groups excluding carboxylic acids is 2. The number of rotatable bonds is 5. The molecule has 0 bridgehead atoms. The van der Waals surface area contributed by atoms with E-state index in [9.17, 15) is 18.0 Å². The minimum atomic E-state index is -3.69. The summed E-state index contributed by atoms with van der Waals surface area (Å²) in [4.78, 5) is 24.8. The molecule has 2 heterocycles. The van der Waals surface area contributed by atoms with Crippen LogP contribution in [0.5, 0.6) is 0 Å². The molecule has 3 rings (SSSR count). The summed E-state index contributed by atoms with van der Waals surface area (Å²) in [5, 5.41) is 3.30. The lowest BCUT2D eigenvalue weighted by molar-refractivity contribution is 0.0693. The Bertz CT molecular complexity index is 770. The van der Waals surface area contributed by atoms with Crippen LogP contribution in [0.25, 0.3) is 0 Å². The van der Waals surface area contributed by atoms with Crippen molar-refractivity contribution in [2.45, 2.75) is 24.2 Å². The molecule has 2 aliphatic heterocycles. The largest absolute Gasteiger partial charge is 0.316 e. The van der Waals surface area contributed by atoms with Crippen molar-refractivity contribution in [1.82, 2.24) is 14.9 Å². The predicted molar refractivity (Wildman–Crippen MR) is 88.3 cm³/mol. The van der Waals surface area contributed by atoms with Crippen molar-refractivity contribution >= 4 is 21.8 Å². The lowest BCUT2D eigenvalue weighted by atomic mass is 9.96. The summed E-state index contributed by atoms with van der Waals surface area (Å²) in [6.45, 7) is 2.31. The van der Waals surface area contributed by atoms with Gasteiger partial charge in [-0.2, -0.15) is 0 Å². The molecule has 130 valence electrons. The zero-order chi connectivity index (χ0) is 17.3. The monoisotopic (exact) mass is 351 g/mol. The predicted octanol–water partition coefficient (Wildman–Crippen LogP) is 0.580. The number of benzene rings is 1. The number of fused-ring (bicyclic) bond motifs is 1. The third kappa shape index (κ3) is 3.22. The molecule has 7 nitrogen and oxygen atoms in total. The smallest absolute Gasteiger partial charge is 0.261 e. The van der Waals surface area contributed by atoms with Crippen LogP contribution in [0.4, 0.5) is 0 Å². The van der Waals surface area contributed by atoms with Crippen LogP contribution in [-0.4, -0.2) is 51.8 Å². The fourth-order valence-electron chi connectivity index (χ4n) is 3.16.